The molecule has 0 saturated carbocycles. The first-order valence-corrected chi connectivity index (χ1v) is 8.79. The summed E-state index contributed by atoms with van der Waals surface area (Å²) in [6.07, 6.45) is 1.89. The Hall–Kier alpha value is -1.85. The summed E-state index contributed by atoms with van der Waals surface area (Å²) in [4.78, 5) is 13.5. The highest BCUT2D eigenvalue weighted by Gasteiger charge is 2.35. The molecule has 0 bridgehead atoms. The molecule has 23 heavy (non-hydrogen) atoms. The van der Waals surface area contributed by atoms with Crippen molar-refractivity contribution < 1.29 is 9.53 Å². The van der Waals surface area contributed by atoms with Crippen LogP contribution in [0.15, 0.2) is 41.8 Å². The second-order valence-corrected chi connectivity index (χ2v) is 6.99. The molecule has 2 amide bonds. The largest absolute Gasteiger partial charge is 0.381 e. The van der Waals surface area contributed by atoms with Gasteiger partial charge in [-0.2, -0.15) is 0 Å². The number of hydrogen-bond acceptors (Lipinski definition) is 3. The molecule has 2 heterocycles. The molecule has 2 aromatic rings. The molecule has 1 aliphatic rings. The monoisotopic (exact) mass is 330 g/mol. The molecule has 1 aromatic heterocycles. The van der Waals surface area contributed by atoms with E-state index in [1.165, 1.54) is 10.4 Å². The Morgan fingerprint density at radius 1 is 1.22 bits per heavy atom. The van der Waals surface area contributed by atoms with E-state index >= 15 is 0 Å². The molecule has 3 rings (SSSR count). The standard InChI is InChI=1S/C18H22N2O2S/c1-14-4-6-15(7-5-14)20-17(21)19-13-18(8-10-22-11-9-18)16-3-2-12-23-16/h2-7,12H,8-11,13H2,1H3,(H2,19,20,21). The van der Waals surface area contributed by atoms with Crippen LogP contribution in [-0.4, -0.2) is 25.8 Å². The Labute approximate surface area is 140 Å². The van der Waals surface area contributed by atoms with Crippen LogP contribution >= 0.6 is 11.3 Å². The van der Waals surface area contributed by atoms with E-state index in [0.717, 1.165) is 31.7 Å². The lowest BCUT2D eigenvalue weighted by molar-refractivity contribution is 0.0521. The van der Waals surface area contributed by atoms with Gasteiger partial charge in [-0.1, -0.05) is 23.8 Å². The average Bonchev–Trinajstić information content (AvgIpc) is 3.11. The molecule has 5 heteroatoms. The van der Waals surface area contributed by atoms with E-state index in [-0.39, 0.29) is 11.4 Å². The van der Waals surface area contributed by atoms with E-state index in [0.29, 0.717) is 6.54 Å². The maximum Gasteiger partial charge on any atom is 0.319 e. The second-order valence-electron chi connectivity index (χ2n) is 6.04. The van der Waals surface area contributed by atoms with E-state index in [2.05, 4.69) is 28.1 Å². The van der Waals surface area contributed by atoms with Crippen molar-refractivity contribution in [2.45, 2.75) is 25.2 Å². The zero-order valence-corrected chi connectivity index (χ0v) is 14.1. The van der Waals surface area contributed by atoms with Crippen molar-refractivity contribution in [3.8, 4) is 0 Å². The van der Waals surface area contributed by atoms with Gasteiger partial charge < -0.3 is 15.4 Å². The fourth-order valence-corrected chi connectivity index (χ4v) is 3.90. The molecule has 2 N–H and O–H groups in total. The molecule has 4 nitrogen and oxygen atoms in total. The first kappa shape index (κ1) is 16.0. The minimum Gasteiger partial charge on any atom is -0.381 e. The molecule has 0 radical (unpaired) electrons. The van der Waals surface area contributed by atoms with Gasteiger partial charge in [-0.3, -0.25) is 0 Å². The van der Waals surface area contributed by atoms with Gasteiger partial charge in [0.25, 0.3) is 0 Å². The number of nitrogens with one attached hydrogen (secondary N) is 2. The van der Waals surface area contributed by atoms with E-state index in [1.54, 1.807) is 11.3 Å². The molecular formula is C18H22N2O2S. The van der Waals surface area contributed by atoms with Crippen molar-refractivity contribution in [3.05, 3.63) is 52.2 Å². The van der Waals surface area contributed by atoms with E-state index in [1.807, 2.05) is 31.2 Å². The fourth-order valence-electron chi connectivity index (χ4n) is 2.91. The minimum atomic E-state index is -0.156. The van der Waals surface area contributed by atoms with Crippen molar-refractivity contribution in [2.24, 2.45) is 0 Å². The third-order valence-electron chi connectivity index (χ3n) is 4.39. The SMILES string of the molecule is Cc1ccc(NC(=O)NCC2(c3cccs3)CCOCC2)cc1. The Morgan fingerprint density at radius 3 is 2.61 bits per heavy atom. The Bertz CT molecular complexity index is 632. The molecule has 122 valence electrons. The lowest BCUT2D eigenvalue weighted by Gasteiger charge is -2.36. The molecule has 0 spiro atoms. The van der Waals surface area contributed by atoms with Crippen LogP contribution in [0, 0.1) is 6.92 Å². The summed E-state index contributed by atoms with van der Waals surface area (Å²) in [6.45, 7) is 4.16. The Kier molecular flexibility index (Phi) is 4.98. The van der Waals surface area contributed by atoms with Crippen LogP contribution in [0.2, 0.25) is 0 Å². The summed E-state index contributed by atoms with van der Waals surface area (Å²) in [5, 5.41) is 8.04. The summed E-state index contributed by atoms with van der Waals surface area (Å²) in [5.74, 6) is 0. The molecular weight excluding hydrogens is 308 g/mol. The molecule has 1 fully saturated rings. The molecule has 0 atom stereocenters. The number of aryl methyl sites for hydroxylation is 1. The average molecular weight is 330 g/mol. The maximum atomic E-state index is 12.2. The summed E-state index contributed by atoms with van der Waals surface area (Å²) >= 11 is 1.76. The lowest BCUT2D eigenvalue weighted by atomic mass is 9.78. The number of carbonyl (C=O) groups is 1. The molecule has 1 aliphatic heterocycles. The number of thiophene rings is 1. The lowest BCUT2D eigenvalue weighted by Crippen LogP contribution is -2.45. The van der Waals surface area contributed by atoms with Crippen LogP contribution in [0.25, 0.3) is 0 Å². The van der Waals surface area contributed by atoms with Crippen LogP contribution in [0.4, 0.5) is 10.5 Å². The number of benzene rings is 1. The molecule has 1 aromatic carbocycles. The molecule has 1 saturated heterocycles. The van der Waals surface area contributed by atoms with Crippen LogP contribution in [0.5, 0.6) is 0 Å². The predicted octanol–water partition coefficient (Wildman–Crippen LogP) is 3.93. The molecule has 0 aliphatic carbocycles. The number of carbonyl (C=O) groups excluding carboxylic acids is 1. The van der Waals surface area contributed by atoms with E-state index in [4.69, 9.17) is 4.74 Å². The van der Waals surface area contributed by atoms with Crippen LogP contribution in [-0.2, 0) is 10.2 Å². The summed E-state index contributed by atoms with van der Waals surface area (Å²) in [5.41, 5.74) is 1.98. The van der Waals surface area contributed by atoms with Crippen molar-refractivity contribution in [1.82, 2.24) is 5.32 Å². The van der Waals surface area contributed by atoms with E-state index in [9.17, 15) is 4.79 Å². The zero-order valence-electron chi connectivity index (χ0n) is 13.3. The van der Waals surface area contributed by atoms with Gasteiger partial charge in [-0.15, -0.1) is 11.3 Å². The summed E-state index contributed by atoms with van der Waals surface area (Å²) in [7, 11) is 0. The predicted molar refractivity (Wildman–Crippen MR) is 94.3 cm³/mol. The number of urea groups is 1. The quantitative estimate of drug-likeness (QED) is 0.892. The van der Waals surface area contributed by atoms with Gasteiger partial charge in [0.05, 0.1) is 0 Å². The van der Waals surface area contributed by atoms with Crippen LogP contribution in [0.1, 0.15) is 23.3 Å². The van der Waals surface area contributed by atoms with Gasteiger partial charge in [0.1, 0.15) is 0 Å². The Balaban J connectivity index is 1.62. The summed E-state index contributed by atoms with van der Waals surface area (Å²) < 4.78 is 5.51. The maximum absolute atomic E-state index is 12.2. The number of rotatable bonds is 4. The third kappa shape index (κ3) is 3.92. The van der Waals surface area contributed by atoms with Gasteiger partial charge in [-0.25, -0.2) is 4.79 Å². The van der Waals surface area contributed by atoms with Gasteiger partial charge in [0, 0.05) is 35.7 Å². The number of amides is 2. The smallest absolute Gasteiger partial charge is 0.319 e. The highest BCUT2D eigenvalue weighted by Crippen LogP contribution is 2.36. The van der Waals surface area contributed by atoms with E-state index < -0.39 is 0 Å². The number of ether oxygens (including phenoxy) is 1. The van der Waals surface area contributed by atoms with Crippen LogP contribution < -0.4 is 10.6 Å². The van der Waals surface area contributed by atoms with Gasteiger partial charge in [0.15, 0.2) is 0 Å². The fraction of sp³-hybridized carbons (Fsp3) is 0.389. The zero-order chi connectivity index (χ0) is 16.1. The first-order chi connectivity index (χ1) is 11.2. The number of anilines is 1. The number of hydrogen-bond donors (Lipinski definition) is 2. The minimum absolute atomic E-state index is 0.00294. The topological polar surface area (TPSA) is 50.4 Å². The third-order valence-corrected chi connectivity index (χ3v) is 5.51. The van der Waals surface area contributed by atoms with Crippen LogP contribution in [0.3, 0.4) is 0 Å². The second kappa shape index (κ2) is 7.15. The van der Waals surface area contributed by atoms with Gasteiger partial charge >= 0.3 is 6.03 Å². The van der Waals surface area contributed by atoms with Crippen molar-refractivity contribution in [1.29, 1.82) is 0 Å². The van der Waals surface area contributed by atoms with Crippen molar-refractivity contribution in [2.75, 3.05) is 25.1 Å². The first-order valence-electron chi connectivity index (χ1n) is 7.91. The summed E-state index contributed by atoms with van der Waals surface area (Å²) in [6, 6.07) is 11.9. The van der Waals surface area contributed by atoms with Gasteiger partial charge in [-0.05, 0) is 43.3 Å². The normalized spacial score (nSPS) is 16.7. The Morgan fingerprint density at radius 2 is 1.96 bits per heavy atom. The van der Waals surface area contributed by atoms with Crippen molar-refractivity contribution >= 4 is 23.1 Å². The highest BCUT2D eigenvalue weighted by molar-refractivity contribution is 7.10. The highest BCUT2D eigenvalue weighted by atomic mass is 32.1. The van der Waals surface area contributed by atoms with Gasteiger partial charge in [0.2, 0.25) is 0 Å². The van der Waals surface area contributed by atoms with Crippen molar-refractivity contribution in [3.63, 3.8) is 0 Å². The molecule has 0 unspecified atom stereocenters.